The van der Waals surface area contributed by atoms with E-state index in [1.54, 1.807) is 19.2 Å². The molecule has 124 valence electrons. The minimum Gasteiger partial charge on any atom is -0.462 e. The molecule has 0 saturated carbocycles. The fraction of sp³-hybridized carbons (Fsp3) is 0.235. The van der Waals surface area contributed by atoms with Crippen LogP contribution in [0.5, 0.6) is 0 Å². The van der Waals surface area contributed by atoms with Crippen molar-refractivity contribution in [1.29, 1.82) is 0 Å². The highest BCUT2D eigenvalue weighted by Gasteiger charge is 2.17. The van der Waals surface area contributed by atoms with E-state index in [0.29, 0.717) is 17.1 Å². The third kappa shape index (κ3) is 2.78. The lowest BCUT2D eigenvalue weighted by atomic mass is 10.1. The van der Waals surface area contributed by atoms with E-state index in [9.17, 15) is 9.59 Å². The van der Waals surface area contributed by atoms with Crippen LogP contribution in [0.25, 0.3) is 22.2 Å². The summed E-state index contributed by atoms with van der Waals surface area (Å²) in [4.78, 5) is 28.9. The van der Waals surface area contributed by atoms with Gasteiger partial charge in [-0.15, -0.1) is 11.3 Å². The summed E-state index contributed by atoms with van der Waals surface area (Å²) in [5, 5.41) is 2.85. The Kier molecular flexibility index (Phi) is 4.35. The molecule has 24 heavy (non-hydrogen) atoms. The summed E-state index contributed by atoms with van der Waals surface area (Å²) in [5.41, 5.74) is 7.82. The third-order valence-electron chi connectivity index (χ3n) is 3.74. The first-order valence-corrected chi connectivity index (χ1v) is 8.48. The van der Waals surface area contributed by atoms with Crippen molar-refractivity contribution < 1.29 is 9.53 Å². The molecule has 0 amide bonds. The number of anilines is 1. The first-order chi connectivity index (χ1) is 11.5. The van der Waals surface area contributed by atoms with Gasteiger partial charge >= 0.3 is 5.97 Å². The van der Waals surface area contributed by atoms with Crippen LogP contribution in [0.4, 0.5) is 5.13 Å². The van der Waals surface area contributed by atoms with Gasteiger partial charge in [-0.3, -0.25) is 4.79 Å². The SMILES string of the molecule is CCOC(=O)c1cn(CC)c2cc(-c3csc(N)n3)ccc2c1=O. The molecule has 6 nitrogen and oxygen atoms in total. The molecular weight excluding hydrogens is 326 g/mol. The quantitative estimate of drug-likeness (QED) is 0.736. The number of rotatable bonds is 4. The number of nitrogen functional groups attached to an aromatic ring is 1. The number of pyridine rings is 1. The Labute approximate surface area is 142 Å². The number of aryl methyl sites for hydroxylation is 1. The summed E-state index contributed by atoms with van der Waals surface area (Å²) in [5.74, 6) is -0.594. The lowest BCUT2D eigenvalue weighted by Crippen LogP contribution is -2.20. The molecule has 2 aromatic heterocycles. The molecule has 0 aliphatic heterocycles. The van der Waals surface area contributed by atoms with Crippen molar-refractivity contribution in [2.75, 3.05) is 12.3 Å². The predicted molar refractivity (Wildman–Crippen MR) is 95.4 cm³/mol. The highest BCUT2D eigenvalue weighted by molar-refractivity contribution is 7.13. The molecule has 0 aliphatic carbocycles. The minimum absolute atomic E-state index is 0.0526. The minimum atomic E-state index is -0.594. The number of carbonyl (C=O) groups is 1. The topological polar surface area (TPSA) is 87.2 Å². The van der Waals surface area contributed by atoms with Crippen LogP contribution in [-0.4, -0.2) is 22.1 Å². The van der Waals surface area contributed by atoms with Crippen molar-refractivity contribution in [3.8, 4) is 11.3 Å². The van der Waals surface area contributed by atoms with Gasteiger partial charge in [0.05, 0.1) is 17.8 Å². The number of carbonyl (C=O) groups excluding carboxylic acids is 1. The standard InChI is InChI=1S/C17H17N3O3S/c1-3-20-8-12(16(22)23-4-2)15(21)11-6-5-10(7-14(11)20)13-9-24-17(18)19-13/h5-9H,3-4H2,1-2H3,(H2,18,19). The molecule has 7 heteroatoms. The number of esters is 1. The average Bonchev–Trinajstić information content (AvgIpc) is 3.01. The number of fused-ring (bicyclic) bond motifs is 1. The van der Waals surface area contributed by atoms with Gasteiger partial charge in [0.15, 0.2) is 5.13 Å². The van der Waals surface area contributed by atoms with E-state index in [1.165, 1.54) is 11.3 Å². The first kappa shape index (κ1) is 16.2. The van der Waals surface area contributed by atoms with Crippen LogP contribution in [0.1, 0.15) is 24.2 Å². The van der Waals surface area contributed by atoms with Gasteiger partial charge in [0.1, 0.15) is 5.56 Å². The van der Waals surface area contributed by atoms with Crippen molar-refractivity contribution in [2.45, 2.75) is 20.4 Å². The summed E-state index contributed by atoms with van der Waals surface area (Å²) in [7, 11) is 0. The molecule has 1 aromatic carbocycles. The smallest absolute Gasteiger partial charge is 0.343 e. The number of nitrogens with zero attached hydrogens (tertiary/aromatic N) is 2. The van der Waals surface area contributed by atoms with Gasteiger partial charge in [-0.05, 0) is 26.0 Å². The van der Waals surface area contributed by atoms with E-state index in [2.05, 4.69) is 4.98 Å². The maximum Gasteiger partial charge on any atom is 0.343 e. The van der Waals surface area contributed by atoms with Crippen LogP contribution in [0.15, 0.2) is 34.6 Å². The maximum atomic E-state index is 12.6. The Morgan fingerprint density at radius 2 is 2.17 bits per heavy atom. The molecule has 0 bridgehead atoms. The molecular formula is C17H17N3O3S. The lowest BCUT2D eigenvalue weighted by Gasteiger charge is -2.12. The number of ether oxygens (including phenoxy) is 1. The zero-order chi connectivity index (χ0) is 17.3. The predicted octanol–water partition coefficient (Wildman–Crippen LogP) is 2.90. The van der Waals surface area contributed by atoms with Gasteiger partial charge in [0.2, 0.25) is 5.43 Å². The van der Waals surface area contributed by atoms with Gasteiger partial charge < -0.3 is 15.0 Å². The maximum absolute atomic E-state index is 12.6. The van der Waals surface area contributed by atoms with Crippen molar-refractivity contribution in [2.24, 2.45) is 0 Å². The summed E-state index contributed by atoms with van der Waals surface area (Å²) in [6.07, 6.45) is 1.56. The number of thiazole rings is 1. The summed E-state index contributed by atoms with van der Waals surface area (Å²) >= 11 is 1.37. The number of nitrogens with two attached hydrogens (primary N) is 1. The van der Waals surface area contributed by atoms with Gasteiger partial charge in [0.25, 0.3) is 0 Å². The Morgan fingerprint density at radius 1 is 1.38 bits per heavy atom. The van der Waals surface area contributed by atoms with Gasteiger partial charge in [-0.1, -0.05) is 6.07 Å². The lowest BCUT2D eigenvalue weighted by molar-refractivity contribution is 0.0524. The van der Waals surface area contributed by atoms with Crippen molar-refractivity contribution >= 4 is 33.3 Å². The Bertz CT molecular complexity index is 975. The highest BCUT2D eigenvalue weighted by atomic mass is 32.1. The van der Waals surface area contributed by atoms with Crippen LogP contribution in [0, 0.1) is 0 Å². The average molecular weight is 343 g/mol. The Morgan fingerprint density at radius 3 is 2.79 bits per heavy atom. The second-order valence-corrected chi connectivity index (χ2v) is 6.07. The molecule has 0 aliphatic rings. The van der Waals surface area contributed by atoms with Crippen LogP contribution in [0.2, 0.25) is 0 Å². The van der Waals surface area contributed by atoms with E-state index in [0.717, 1.165) is 16.8 Å². The monoisotopic (exact) mass is 343 g/mol. The second kappa shape index (κ2) is 6.45. The third-order valence-corrected chi connectivity index (χ3v) is 4.41. The summed E-state index contributed by atoms with van der Waals surface area (Å²) < 4.78 is 6.84. The number of hydrogen-bond acceptors (Lipinski definition) is 6. The molecule has 0 spiro atoms. The molecule has 2 N–H and O–H groups in total. The Hall–Kier alpha value is -2.67. The zero-order valence-electron chi connectivity index (χ0n) is 13.4. The van der Waals surface area contributed by atoms with Gasteiger partial charge in [0, 0.05) is 29.1 Å². The number of hydrogen-bond donors (Lipinski definition) is 1. The molecule has 3 rings (SSSR count). The number of aromatic nitrogens is 2. The molecule has 0 unspecified atom stereocenters. The number of benzene rings is 1. The van der Waals surface area contributed by atoms with E-state index >= 15 is 0 Å². The van der Waals surface area contributed by atoms with Crippen molar-refractivity contribution in [3.05, 3.63) is 45.6 Å². The van der Waals surface area contributed by atoms with E-state index in [-0.39, 0.29) is 17.6 Å². The fourth-order valence-electron chi connectivity index (χ4n) is 2.59. The van der Waals surface area contributed by atoms with Crippen LogP contribution >= 0.6 is 11.3 Å². The first-order valence-electron chi connectivity index (χ1n) is 7.60. The van der Waals surface area contributed by atoms with E-state index in [1.807, 2.05) is 29.0 Å². The largest absolute Gasteiger partial charge is 0.462 e. The van der Waals surface area contributed by atoms with Crippen LogP contribution < -0.4 is 11.2 Å². The molecule has 0 radical (unpaired) electrons. The highest BCUT2D eigenvalue weighted by Crippen LogP contribution is 2.26. The second-order valence-electron chi connectivity index (χ2n) is 5.18. The van der Waals surface area contributed by atoms with Gasteiger partial charge in [-0.2, -0.15) is 0 Å². The Balaban J connectivity index is 2.22. The van der Waals surface area contributed by atoms with E-state index in [4.69, 9.17) is 10.5 Å². The normalized spacial score (nSPS) is 10.9. The summed E-state index contributed by atoms with van der Waals surface area (Å²) in [6.45, 7) is 4.51. The van der Waals surface area contributed by atoms with Crippen molar-refractivity contribution in [1.82, 2.24) is 9.55 Å². The fourth-order valence-corrected chi connectivity index (χ4v) is 3.16. The van der Waals surface area contributed by atoms with Crippen molar-refractivity contribution in [3.63, 3.8) is 0 Å². The summed E-state index contributed by atoms with van der Waals surface area (Å²) in [6, 6.07) is 5.42. The van der Waals surface area contributed by atoms with Gasteiger partial charge in [-0.25, -0.2) is 9.78 Å². The molecule has 0 fully saturated rings. The van der Waals surface area contributed by atoms with Crippen LogP contribution in [0.3, 0.4) is 0 Å². The van der Waals surface area contributed by atoms with E-state index < -0.39 is 5.97 Å². The molecule has 2 heterocycles. The molecule has 0 saturated heterocycles. The molecule has 3 aromatic rings. The van der Waals surface area contributed by atoms with Crippen LogP contribution in [-0.2, 0) is 11.3 Å². The zero-order valence-corrected chi connectivity index (χ0v) is 14.2. The molecule has 0 atom stereocenters.